The maximum atomic E-state index is 6.06. The van der Waals surface area contributed by atoms with Crippen LogP contribution in [0, 0.1) is 42.5 Å². The molecule has 0 unspecified atom stereocenters. The topological polar surface area (TPSA) is 34.0 Å². The van der Waals surface area contributed by atoms with Crippen LogP contribution in [0.3, 0.4) is 0 Å². The van der Waals surface area contributed by atoms with Gasteiger partial charge in [-0.05, 0) is 89.4 Å². The van der Waals surface area contributed by atoms with Crippen molar-refractivity contribution in [3.05, 3.63) is 73.5 Å². The van der Waals surface area contributed by atoms with Gasteiger partial charge in [-0.15, -0.1) is 0 Å². The van der Waals surface area contributed by atoms with Gasteiger partial charge in [0.25, 0.3) is 0 Å². The molecule has 32 heavy (non-hydrogen) atoms. The third-order valence-electron chi connectivity index (χ3n) is 4.92. The van der Waals surface area contributed by atoms with E-state index in [0.29, 0.717) is 0 Å². The molecule has 2 aromatic rings. The minimum Gasteiger partial charge on any atom is -0.418 e. The van der Waals surface area contributed by atoms with Gasteiger partial charge in [-0.1, -0.05) is 36.4 Å². The summed E-state index contributed by atoms with van der Waals surface area (Å²) in [6.07, 6.45) is 1.81. The van der Waals surface area contributed by atoms with E-state index in [4.69, 9.17) is 14.4 Å². The molecule has 0 saturated carbocycles. The maximum Gasteiger partial charge on any atom is 2.00 e. The number of aryl methyl sites for hydroxylation is 4. The van der Waals surface area contributed by atoms with Crippen LogP contribution in [0.15, 0.2) is 46.4 Å². The summed E-state index contributed by atoms with van der Waals surface area (Å²) < 4.78 is 6.06. The average Bonchev–Trinajstić information content (AvgIpc) is 2.62. The molecule has 0 fully saturated rings. The zero-order valence-corrected chi connectivity index (χ0v) is 23.7. The molecule has 2 rings (SSSR count). The number of hydrogen-bond acceptors (Lipinski definition) is 3. The van der Waals surface area contributed by atoms with Crippen LogP contribution in [0.4, 0.5) is 11.4 Å². The standard InChI is InChI=1S/C25H36N2OSi.2CH3.Ni/c1-18-12-9-13-19(2)24(18)26-22(5)23(16-11-17-28-29(6,7)8)27-25-20(3)14-10-15-21(25)4;;;/h9-10,12-15H,11,16-17H2,1-8H3;2*1H3;/q;2*-1;+2. The number of para-hydroxylation sites is 2. The zero-order chi connectivity index (χ0) is 21.6. The van der Waals surface area contributed by atoms with Gasteiger partial charge in [0.1, 0.15) is 0 Å². The molecule has 3 nitrogen and oxygen atoms in total. The molecule has 0 spiro atoms. The van der Waals surface area contributed by atoms with Gasteiger partial charge in [-0.25, -0.2) is 0 Å². The Morgan fingerprint density at radius 3 is 1.59 bits per heavy atom. The van der Waals surface area contributed by atoms with E-state index in [9.17, 15) is 0 Å². The Hall–Kier alpha value is -1.55. The number of aliphatic imine (C=N–C) groups is 2. The Bertz CT molecular complexity index is 874. The van der Waals surface area contributed by atoms with Crippen molar-refractivity contribution in [2.45, 2.75) is 67.1 Å². The van der Waals surface area contributed by atoms with Crippen molar-refractivity contribution in [3.8, 4) is 0 Å². The van der Waals surface area contributed by atoms with Gasteiger partial charge in [0.2, 0.25) is 0 Å². The molecule has 180 valence electrons. The van der Waals surface area contributed by atoms with E-state index in [1.54, 1.807) is 0 Å². The van der Waals surface area contributed by atoms with Gasteiger partial charge in [-0.2, -0.15) is 0 Å². The Labute approximate surface area is 208 Å². The molecule has 0 aliphatic carbocycles. The maximum absolute atomic E-state index is 6.06. The summed E-state index contributed by atoms with van der Waals surface area (Å²) in [6, 6.07) is 12.6. The molecule has 0 radical (unpaired) electrons. The van der Waals surface area contributed by atoms with Crippen molar-refractivity contribution in [1.29, 1.82) is 0 Å². The smallest absolute Gasteiger partial charge is 0.418 e. The largest absolute Gasteiger partial charge is 2.00 e. The van der Waals surface area contributed by atoms with Crippen molar-refractivity contribution < 1.29 is 20.9 Å². The molecule has 0 aliphatic heterocycles. The quantitative estimate of drug-likeness (QED) is 0.156. The third kappa shape index (κ3) is 9.94. The van der Waals surface area contributed by atoms with Gasteiger partial charge in [-0.3, -0.25) is 9.98 Å². The van der Waals surface area contributed by atoms with Crippen molar-refractivity contribution in [3.63, 3.8) is 0 Å². The van der Waals surface area contributed by atoms with Crippen LogP contribution < -0.4 is 0 Å². The molecule has 0 bridgehead atoms. The molecule has 0 amide bonds. The Balaban J connectivity index is 0. The zero-order valence-electron chi connectivity index (χ0n) is 21.7. The summed E-state index contributed by atoms with van der Waals surface area (Å²) >= 11 is 0. The monoisotopic (exact) mass is 496 g/mol. The van der Waals surface area contributed by atoms with Gasteiger partial charge in [0, 0.05) is 6.61 Å². The van der Waals surface area contributed by atoms with E-state index in [1.165, 1.54) is 22.3 Å². The first kappa shape index (κ1) is 32.6. The predicted molar refractivity (Wildman–Crippen MR) is 143 cm³/mol. The van der Waals surface area contributed by atoms with E-state index in [-0.39, 0.29) is 31.3 Å². The fourth-order valence-electron chi connectivity index (χ4n) is 3.27. The predicted octanol–water partition coefficient (Wildman–Crippen LogP) is 8.32. The summed E-state index contributed by atoms with van der Waals surface area (Å²) in [4.78, 5) is 10.1. The first-order valence-electron chi connectivity index (χ1n) is 10.5. The first-order valence-corrected chi connectivity index (χ1v) is 13.9. The van der Waals surface area contributed by atoms with Gasteiger partial charge in [0.05, 0.1) is 22.8 Å². The van der Waals surface area contributed by atoms with E-state index >= 15 is 0 Å². The van der Waals surface area contributed by atoms with Crippen LogP contribution in [0.2, 0.25) is 19.6 Å². The molecule has 2 aromatic carbocycles. The Kier molecular flexibility index (Phi) is 14.9. The molecule has 0 aromatic heterocycles. The molecule has 0 saturated heterocycles. The number of rotatable bonds is 8. The van der Waals surface area contributed by atoms with E-state index < -0.39 is 8.32 Å². The van der Waals surface area contributed by atoms with Gasteiger partial charge >= 0.3 is 16.5 Å². The second-order valence-corrected chi connectivity index (χ2v) is 13.3. The molecule has 0 aliphatic rings. The molecule has 0 heterocycles. The summed E-state index contributed by atoms with van der Waals surface area (Å²) in [7, 11) is -1.49. The first-order chi connectivity index (χ1) is 13.6. The molecule has 5 heteroatoms. The number of benzene rings is 2. The van der Waals surface area contributed by atoms with Crippen LogP contribution in [0.1, 0.15) is 42.0 Å². The van der Waals surface area contributed by atoms with Gasteiger partial charge < -0.3 is 19.3 Å². The van der Waals surface area contributed by atoms with Crippen molar-refractivity contribution >= 4 is 31.1 Å². The Morgan fingerprint density at radius 2 is 1.19 bits per heavy atom. The fourth-order valence-corrected chi connectivity index (χ4v) is 4.02. The van der Waals surface area contributed by atoms with Crippen molar-refractivity contribution in [2.24, 2.45) is 9.98 Å². The summed E-state index contributed by atoms with van der Waals surface area (Å²) in [5, 5.41) is 0. The summed E-state index contributed by atoms with van der Waals surface area (Å²) in [5.41, 5.74) is 8.92. The van der Waals surface area contributed by atoms with Crippen LogP contribution in [0.5, 0.6) is 0 Å². The minimum atomic E-state index is -1.49. The van der Waals surface area contributed by atoms with Crippen LogP contribution in [-0.4, -0.2) is 26.3 Å². The fraction of sp³-hybridized carbons (Fsp3) is 0.407. The molecule has 0 atom stereocenters. The number of nitrogens with zero attached hydrogens (tertiary/aromatic N) is 2. The average molecular weight is 497 g/mol. The summed E-state index contributed by atoms with van der Waals surface area (Å²) in [5.74, 6) is 0. The van der Waals surface area contributed by atoms with E-state index in [0.717, 1.165) is 42.2 Å². The Morgan fingerprint density at radius 1 is 0.781 bits per heavy atom. The van der Waals surface area contributed by atoms with Crippen molar-refractivity contribution in [2.75, 3.05) is 6.61 Å². The molecular formula is C27H42N2NiOSi. The van der Waals surface area contributed by atoms with Crippen LogP contribution in [-0.2, 0) is 20.9 Å². The van der Waals surface area contributed by atoms with Gasteiger partial charge in [0.15, 0.2) is 8.32 Å². The van der Waals surface area contributed by atoms with Crippen LogP contribution in [0.25, 0.3) is 0 Å². The summed E-state index contributed by atoms with van der Waals surface area (Å²) in [6.45, 7) is 18.0. The SMILES string of the molecule is CC(=Nc1c(C)cccc1C)C(CCCO[Si](C)(C)C)=Nc1c(C)cccc1C.[CH3-].[CH3-].[Ni+2]. The van der Waals surface area contributed by atoms with Crippen LogP contribution >= 0.6 is 0 Å². The van der Waals surface area contributed by atoms with Crippen molar-refractivity contribution in [1.82, 2.24) is 0 Å². The normalized spacial score (nSPS) is 11.9. The van der Waals surface area contributed by atoms with E-state index in [1.807, 2.05) is 0 Å². The second-order valence-electron chi connectivity index (χ2n) is 8.80. The molecule has 0 N–H and O–H groups in total. The molecular weight excluding hydrogens is 455 g/mol. The second kappa shape index (κ2) is 14.6. The number of hydrogen-bond donors (Lipinski definition) is 0. The van der Waals surface area contributed by atoms with E-state index in [2.05, 4.69) is 90.7 Å². The third-order valence-corrected chi connectivity index (χ3v) is 5.99. The minimum absolute atomic E-state index is 0.